The highest BCUT2D eigenvalue weighted by molar-refractivity contribution is 5.39. The quantitative estimate of drug-likeness (QED) is 0.852. The number of nitrogens with two attached hydrogens (primary N) is 1. The van der Waals surface area contributed by atoms with Crippen LogP contribution >= 0.6 is 0 Å². The van der Waals surface area contributed by atoms with Crippen LogP contribution in [0, 0.1) is 26.7 Å². The third-order valence-electron chi connectivity index (χ3n) is 3.85. The smallest absolute Gasteiger partial charge is 0.0469 e. The van der Waals surface area contributed by atoms with Crippen LogP contribution in [0.4, 0.5) is 0 Å². The molecule has 1 aliphatic heterocycles. The van der Waals surface area contributed by atoms with Crippen molar-refractivity contribution in [1.29, 1.82) is 0 Å². The summed E-state index contributed by atoms with van der Waals surface area (Å²) >= 11 is 0. The highest BCUT2D eigenvalue weighted by Crippen LogP contribution is 2.32. The van der Waals surface area contributed by atoms with Gasteiger partial charge in [0.05, 0.1) is 0 Å². The third kappa shape index (κ3) is 2.70. The van der Waals surface area contributed by atoms with Crippen molar-refractivity contribution in [3.05, 3.63) is 34.4 Å². The zero-order valence-corrected chi connectivity index (χ0v) is 11.1. The Labute approximate surface area is 104 Å². The van der Waals surface area contributed by atoms with Crippen molar-refractivity contribution in [2.75, 3.05) is 13.2 Å². The van der Waals surface area contributed by atoms with Gasteiger partial charge in [-0.05, 0) is 56.2 Å². The standard InChI is InChI=1S/C15H23NO/c1-10-8-11(2)14(12(3)9-10)15(16)13-4-6-17-7-5-13/h8-9,13,15H,4-7,16H2,1-3H3/t15-/m1/s1. The van der Waals surface area contributed by atoms with Crippen molar-refractivity contribution in [1.82, 2.24) is 0 Å². The van der Waals surface area contributed by atoms with Crippen LogP contribution in [0.1, 0.15) is 41.1 Å². The lowest BCUT2D eigenvalue weighted by molar-refractivity contribution is 0.0582. The van der Waals surface area contributed by atoms with Gasteiger partial charge in [0.1, 0.15) is 0 Å². The van der Waals surface area contributed by atoms with Crippen molar-refractivity contribution in [3.8, 4) is 0 Å². The number of aryl methyl sites for hydroxylation is 3. The van der Waals surface area contributed by atoms with Gasteiger partial charge in [-0.15, -0.1) is 0 Å². The molecule has 0 radical (unpaired) electrons. The monoisotopic (exact) mass is 233 g/mol. The first kappa shape index (κ1) is 12.6. The second-order valence-electron chi connectivity index (χ2n) is 5.29. The first-order chi connectivity index (χ1) is 8.09. The predicted molar refractivity (Wildman–Crippen MR) is 71.1 cm³/mol. The Balaban J connectivity index is 2.26. The van der Waals surface area contributed by atoms with Crippen LogP contribution < -0.4 is 5.73 Å². The molecule has 0 saturated carbocycles. The molecular formula is C15H23NO. The lowest BCUT2D eigenvalue weighted by Crippen LogP contribution is -2.28. The van der Waals surface area contributed by atoms with Crippen molar-refractivity contribution in [2.24, 2.45) is 11.7 Å². The molecule has 1 saturated heterocycles. The van der Waals surface area contributed by atoms with Crippen LogP contribution in [0.25, 0.3) is 0 Å². The molecule has 2 heteroatoms. The Morgan fingerprint density at radius 3 is 2.18 bits per heavy atom. The van der Waals surface area contributed by atoms with Gasteiger partial charge in [-0.2, -0.15) is 0 Å². The SMILES string of the molecule is Cc1cc(C)c([C@H](N)C2CCOCC2)c(C)c1. The molecule has 17 heavy (non-hydrogen) atoms. The molecule has 0 spiro atoms. The van der Waals surface area contributed by atoms with Crippen LogP contribution in [0.15, 0.2) is 12.1 Å². The number of hydrogen-bond acceptors (Lipinski definition) is 2. The van der Waals surface area contributed by atoms with Crippen LogP contribution in [-0.2, 0) is 4.74 Å². The van der Waals surface area contributed by atoms with Gasteiger partial charge in [0, 0.05) is 19.3 Å². The lowest BCUT2D eigenvalue weighted by atomic mass is 9.83. The summed E-state index contributed by atoms with van der Waals surface area (Å²) in [6, 6.07) is 4.64. The third-order valence-corrected chi connectivity index (χ3v) is 3.85. The maximum atomic E-state index is 6.47. The number of benzene rings is 1. The van der Waals surface area contributed by atoms with Crippen LogP contribution in [0.2, 0.25) is 0 Å². The van der Waals surface area contributed by atoms with Gasteiger partial charge in [0.2, 0.25) is 0 Å². The molecule has 0 aromatic heterocycles. The minimum atomic E-state index is 0.166. The number of hydrogen-bond donors (Lipinski definition) is 1. The Kier molecular flexibility index (Phi) is 3.85. The van der Waals surface area contributed by atoms with E-state index < -0.39 is 0 Å². The Bertz CT molecular complexity index is 371. The molecule has 0 unspecified atom stereocenters. The van der Waals surface area contributed by atoms with Gasteiger partial charge in [0.25, 0.3) is 0 Å². The topological polar surface area (TPSA) is 35.2 Å². The lowest BCUT2D eigenvalue weighted by Gasteiger charge is -2.30. The molecule has 2 nitrogen and oxygen atoms in total. The fourth-order valence-electron chi connectivity index (χ4n) is 3.03. The summed E-state index contributed by atoms with van der Waals surface area (Å²) < 4.78 is 5.41. The zero-order chi connectivity index (χ0) is 12.4. The first-order valence-electron chi connectivity index (χ1n) is 6.50. The molecule has 1 fully saturated rings. The molecule has 1 heterocycles. The van der Waals surface area contributed by atoms with Crippen LogP contribution in [0.5, 0.6) is 0 Å². The van der Waals surface area contributed by atoms with E-state index in [1.165, 1.54) is 22.3 Å². The van der Waals surface area contributed by atoms with Crippen molar-refractivity contribution in [3.63, 3.8) is 0 Å². The molecule has 2 rings (SSSR count). The molecular weight excluding hydrogens is 210 g/mol. The fraction of sp³-hybridized carbons (Fsp3) is 0.600. The minimum Gasteiger partial charge on any atom is -0.381 e. The summed E-state index contributed by atoms with van der Waals surface area (Å²) in [6.07, 6.45) is 2.18. The highest BCUT2D eigenvalue weighted by atomic mass is 16.5. The Hall–Kier alpha value is -0.860. The second-order valence-corrected chi connectivity index (χ2v) is 5.29. The van der Waals surface area contributed by atoms with E-state index >= 15 is 0 Å². The summed E-state index contributed by atoms with van der Waals surface area (Å²) in [7, 11) is 0. The van der Waals surface area contributed by atoms with Gasteiger partial charge in [-0.25, -0.2) is 0 Å². The Morgan fingerprint density at radius 1 is 1.12 bits per heavy atom. The summed E-state index contributed by atoms with van der Waals surface area (Å²) in [6.45, 7) is 8.22. The number of rotatable bonds is 2. The van der Waals surface area contributed by atoms with Crippen molar-refractivity contribution < 1.29 is 4.74 Å². The van der Waals surface area contributed by atoms with Gasteiger partial charge in [-0.3, -0.25) is 0 Å². The molecule has 0 aliphatic carbocycles. The van der Waals surface area contributed by atoms with Gasteiger partial charge in [-0.1, -0.05) is 17.7 Å². The maximum Gasteiger partial charge on any atom is 0.0469 e. The molecule has 0 amide bonds. The van der Waals surface area contributed by atoms with E-state index in [0.717, 1.165) is 26.1 Å². The van der Waals surface area contributed by atoms with Gasteiger partial charge < -0.3 is 10.5 Å². The summed E-state index contributed by atoms with van der Waals surface area (Å²) in [5.74, 6) is 0.573. The maximum absolute atomic E-state index is 6.47. The molecule has 94 valence electrons. The van der Waals surface area contributed by atoms with Gasteiger partial charge >= 0.3 is 0 Å². The number of ether oxygens (including phenoxy) is 1. The molecule has 1 aromatic rings. The summed E-state index contributed by atoms with van der Waals surface area (Å²) in [5, 5.41) is 0. The van der Waals surface area contributed by atoms with E-state index in [1.807, 2.05) is 0 Å². The predicted octanol–water partition coefficient (Wildman–Crippen LogP) is 3.04. The highest BCUT2D eigenvalue weighted by Gasteiger charge is 2.24. The van der Waals surface area contributed by atoms with Gasteiger partial charge in [0.15, 0.2) is 0 Å². The average molecular weight is 233 g/mol. The average Bonchev–Trinajstić information content (AvgIpc) is 2.28. The molecule has 1 aromatic carbocycles. The zero-order valence-electron chi connectivity index (χ0n) is 11.1. The summed E-state index contributed by atoms with van der Waals surface area (Å²) in [4.78, 5) is 0. The van der Waals surface area contributed by atoms with E-state index in [2.05, 4.69) is 32.9 Å². The normalized spacial score (nSPS) is 19.3. The van der Waals surface area contributed by atoms with E-state index in [0.29, 0.717) is 5.92 Å². The van der Waals surface area contributed by atoms with E-state index in [1.54, 1.807) is 0 Å². The second kappa shape index (κ2) is 5.19. The molecule has 2 N–H and O–H groups in total. The van der Waals surface area contributed by atoms with E-state index in [9.17, 15) is 0 Å². The fourth-order valence-corrected chi connectivity index (χ4v) is 3.03. The van der Waals surface area contributed by atoms with Crippen molar-refractivity contribution in [2.45, 2.75) is 39.7 Å². The minimum absolute atomic E-state index is 0.166. The van der Waals surface area contributed by atoms with E-state index in [-0.39, 0.29) is 6.04 Å². The Morgan fingerprint density at radius 2 is 1.65 bits per heavy atom. The van der Waals surface area contributed by atoms with Crippen LogP contribution in [0.3, 0.4) is 0 Å². The van der Waals surface area contributed by atoms with Crippen molar-refractivity contribution >= 4 is 0 Å². The molecule has 0 bridgehead atoms. The van der Waals surface area contributed by atoms with Crippen LogP contribution in [-0.4, -0.2) is 13.2 Å². The molecule has 1 aliphatic rings. The largest absolute Gasteiger partial charge is 0.381 e. The first-order valence-corrected chi connectivity index (χ1v) is 6.50. The summed E-state index contributed by atoms with van der Waals surface area (Å²) in [5.41, 5.74) is 11.8. The molecule has 1 atom stereocenters. The van der Waals surface area contributed by atoms with E-state index in [4.69, 9.17) is 10.5 Å².